The molecule has 1 nitrogen and oxygen atoms in total. The summed E-state index contributed by atoms with van der Waals surface area (Å²) < 4.78 is 6.08. The Kier molecular flexibility index (Phi) is 4.38. The van der Waals surface area contributed by atoms with Crippen molar-refractivity contribution in [1.29, 1.82) is 0 Å². The van der Waals surface area contributed by atoms with Crippen LogP contribution in [-0.2, 0) is 11.2 Å². The van der Waals surface area contributed by atoms with Crippen molar-refractivity contribution in [3.8, 4) is 0 Å². The molecule has 1 aliphatic rings. The molecule has 0 saturated heterocycles. The van der Waals surface area contributed by atoms with E-state index < -0.39 is 0 Å². The monoisotopic (exact) mass is 230 g/mol. The predicted molar refractivity (Wildman–Crippen MR) is 72.0 cm³/mol. The zero-order chi connectivity index (χ0) is 12.1. The van der Waals surface area contributed by atoms with E-state index in [1.54, 1.807) is 0 Å². The molecule has 0 unspecified atom stereocenters. The molecule has 0 bridgehead atoms. The minimum Gasteiger partial charge on any atom is -0.370 e. The van der Waals surface area contributed by atoms with E-state index in [0.29, 0.717) is 18.1 Å². The fourth-order valence-electron chi connectivity index (χ4n) is 2.23. The Labute approximate surface area is 104 Å². The van der Waals surface area contributed by atoms with E-state index >= 15 is 0 Å². The zero-order valence-electron chi connectivity index (χ0n) is 10.8. The molecule has 1 heteroatoms. The number of hydrogen-bond acceptors (Lipinski definition) is 1. The molecule has 92 valence electrons. The summed E-state index contributed by atoms with van der Waals surface area (Å²) >= 11 is 0. The van der Waals surface area contributed by atoms with Crippen molar-refractivity contribution in [3.63, 3.8) is 0 Å². The fraction of sp³-hybridized carbons (Fsp3) is 0.500. The number of hydrogen-bond donors (Lipinski definition) is 0. The first kappa shape index (κ1) is 12.4. The lowest BCUT2D eigenvalue weighted by atomic mass is 9.99. The first-order valence-corrected chi connectivity index (χ1v) is 6.62. The molecule has 17 heavy (non-hydrogen) atoms. The second kappa shape index (κ2) is 6.02. The Morgan fingerprint density at radius 3 is 2.71 bits per heavy atom. The topological polar surface area (TPSA) is 9.23 Å². The van der Waals surface area contributed by atoms with Gasteiger partial charge in [0.1, 0.15) is 0 Å². The third-order valence-corrected chi connectivity index (χ3v) is 3.33. The van der Waals surface area contributed by atoms with Crippen molar-refractivity contribution >= 4 is 0 Å². The van der Waals surface area contributed by atoms with E-state index in [0.717, 1.165) is 19.3 Å². The Morgan fingerprint density at radius 1 is 1.24 bits per heavy atom. The first-order valence-electron chi connectivity index (χ1n) is 6.62. The van der Waals surface area contributed by atoms with Crippen LogP contribution in [0.3, 0.4) is 0 Å². The lowest BCUT2D eigenvalue weighted by molar-refractivity contribution is -0.0194. The van der Waals surface area contributed by atoms with Crippen molar-refractivity contribution in [2.24, 2.45) is 5.92 Å². The molecule has 1 aromatic carbocycles. The Morgan fingerprint density at radius 2 is 2.00 bits per heavy atom. The van der Waals surface area contributed by atoms with Gasteiger partial charge in [-0.25, -0.2) is 0 Å². The summed E-state index contributed by atoms with van der Waals surface area (Å²) in [7, 11) is 0. The number of benzene rings is 1. The van der Waals surface area contributed by atoms with Gasteiger partial charge in [0, 0.05) is 0 Å². The van der Waals surface area contributed by atoms with Crippen LogP contribution < -0.4 is 0 Å². The van der Waals surface area contributed by atoms with E-state index in [4.69, 9.17) is 4.74 Å². The summed E-state index contributed by atoms with van der Waals surface area (Å²) in [6.45, 7) is 4.43. The molecule has 2 rings (SSSR count). The van der Waals surface area contributed by atoms with Gasteiger partial charge in [-0.15, -0.1) is 0 Å². The average molecular weight is 230 g/mol. The Balaban J connectivity index is 1.83. The second-order valence-corrected chi connectivity index (χ2v) is 5.15. The minimum atomic E-state index is 0.310. The third kappa shape index (κ3) is 3.71. The smallest absolute Gasteiger partial charge is 0.0782 e. The highest BCUT2D eigenvalue weighted by atomic mass is 16.5. The molecular formula is C16H22O. The lowest BCUT2D eigenvalue weighted by Gasteiger charge is -2.28. The maximum Gasteiger partial charge on any atom is 0.0782 e. The molecule has 0 radical (unpaired) electrons. The Hall–Kier alpha value is -1.08. The van der Waals surface area contributed by atoms with Gasteiger partial charge in [0.05, 0.1) is 12.2 Å². The number of ether oxygens (including phenoxy) is 1. The largest absolute Gasteiger partial charge is 0.370 e. The highest BCUT2D eigenvalue weighted by Gasteiger charge is 2.20. The van der Waals surface area contributed by atoms with Crippen LogP contribution in [0.4, 0.5) is 0 Å². The molecule has 0 aliphatic carbocycles. The summed E-state index contributed by atoms with van der Waals surface area (Å²) in [5.41, 5.74) is 1.41. The lowest BCUT2D eigenvalue weighted by Crippen LogP contribution is -2.28. The summed E-state index contributed by atoms with van der Waals surface area (Å²) in [6, 6.07) is 10.7. The van der Waals surface area contributed by atoms with Crippen LogP contribution in [0.2, 0.25) is 0 Å². The molecule has 0 saturated carbocycles. The number of rotatable bonds is 4. The van der Waals surface area contributed by atoms with Gasteiger partial charge in [-0.3, -0.25) is 0 Å². The van der Waals surface area contributed by atoms with Crippen molar-refractivity contribution in [3.05, 3.63) is 48.0 Å². The van der Waals surface area contributed by atoms with Crippen LogP contribution in [0.25, 0.3) is 0 Å². The highest BCUT2D eigenvalue weighted by molar-refractivity contribution is 5.14. The summed E-state index contributed by atoms with van der Waals surface area (Å²) in [5, 5.41) is 0. The summed E-state index contributed by atoms with van der Waals surface area (Å²) in [4.78, 5) is 0. The molecular weight excluding hydrogens is 208 g/mol. The van der Waals surface area contributed by atoms with Crippen molar-refractivity contribution in [2.45, 2.75) is 45.3 Å². The van der Waals surface area contributed by atoms with Crippen LogP contribution in [-0.4, -0.2) is 12.2 Å². The van der Waals surface area contributed by atoms with Gasteiger partial charge in [0.2, 0.25) is 0 Å². The van der Waals surface area contributed by atoms with E-state index in [2.05, 4.69) is 56.3 Å². The van der Waals surface area contributed by atoms with Gasteiger partial charge in [0.25, 0.3) is 0 Å². The normalized spacial score (nSPS) is 24.2. The molecule has 1 aromatic rings. The molecule has 2 atom stereocenters. The van der Waals surface area contributed by atoms with Gasteiger partial charge < -0.3 is 4.74 Å². The van der Waals surface area contributed by atoms with Crippen molar-refractivity contribution < 1.29 is 4.74 Å². The van der Waals surface area contributed by atoms with Crippen LogP contribution in [0.1, 0.15) is 32.3 Å². The molecule has 1 heterocycles. The van der Waals surface area contributed by atoms with Crippen molar-refractivity contribution in [2.75, 3.05) is 0 Å². The van der Waals surface area contributed by atoms with Gasteiger partial charge >= 0.3 is 0 Å². The van der Waals surface area contributed by atoms with Gasteiger partial charge in [0.15, 0.2) is 0 Å². The quantitative estimate of drug-likeness (QED) is 0.711. The van der Waals surface area contributed by atoms with Crippen LogP contribution >= 0.6 is 0 Å². The van der Waals surface area contributed by atoms with Gasteiger partial charge in [-0.2, -0.15) is 0 Å². The second-order valence-electron chi connectivity index (χ2n) is 5.15. The number of aryl methyl sites for hydroxylation is 1. The predicted octanol–water partition coefficient (Wildman–Crippen LogP) is 3.99. The molecule has 0 N–H and O–H groups in total. The van der Waals surface area contributed by atoms with Crippen LogP contribution in [0, 0.1) is 5.92 Å². The van der Waals surface area contributed by atoms with Crippen molar-refractivity contribution in [1.82, 2.24) is 0 Å². The molecule has 0 amide bonds. The molecule has 0 aromatic heterocycles. The van der Waals surface area contributed by atoms with Crippen LogP contribution in [0.5, 0.6) is 0 Å². The van der Waals surface area contributed by atoms with Gasteiger partial charge in [-0.05, 0) is 30.7 Å². The zero-order valence-corrected chi connectivity index (χ0v) is 10.8. The standard InChI is InChI=1S/C16H22O/c1-13(2)16-10-6-9-15(17-16)12-11-14-7-4-3-5-8-14/h3-8,10,13,15-16H,9,11-12H2,1-2H3/t15-,16-/m1/s1. The summed E-state index contributed by atoms with van der Waals surface area (Å²) in [6.07, 6.45) is 8.50. The SMILES string of the molecule is CC(C)[C@H]1C=CC[C@H](CCc2ccccc2)O1. The summed E-state index contributed by atoms with van der Waals surface area (Å²) in [5.74, 6) is 0.575. The Bertz CT molecular complexity index is 353. The highest BCUT2D eigenvalue weighted by Crippen LogP contribution is 2.21. The fourth-order valence-corrected chi connectivity index (χ4v) is 2.23. The van der Waals surface area contributed by atoms with Crippen LogP contribution in [0.15, 0.2) is 42.5 Å². The van der Waals surface area contributed by atoms with E-state index in [1.165, 1.54) is 5.56 Å². The van der Waals surface area contributed by atoms with E-state index in [-0.39, 0.29) is 0 Å². The minimum absolute atomic E-state index is 0.310. The molecule has 0 fully saturated rings. The van der Waals surface area contributed by atoms with Gasteiger partial charge in [-0.1, -0.05) is 56.3 Å². The van der Waals surface area contributed by atoms with E-state index in [1.807, 2.05) is 0 Å². The molecule has 1 aliphatic heterocycles. The maximum absolute atomic E-state index is 6.08. The maximum atomic E-state index is 6.08. The molecule has 0 spiro atoms. The average Bonchev–Trinajstić information content (AvgIpc) is 2.38. The first-order chi connectivity index (χ1) is 8.25. The third-order valence-electron chi connectivity index (χ3n) is 3.33. The van der Waals surface area contributed by atoms with E-state index in [9.17, 15) is 0 Å².